The van der Waals surface area contributed by atoms with E-state index in [4.69, 9.17) is 4.43 Å². The van der Waals surface area contributed by atoms with Crippen LogP contribution in [0, 0.1) is 6.92 Å². The molecule has 0 fully saturated rings. The molecule has 0 radical (unpaired) electrons. The predicted octanol–water partition coefficient (Wildman–Crippen LogP) is 5.49. The summed E-state index contributed by atoms with van der Waals surface area (Å²) in [7, 11) is -2.00. The summed E-state index contributed by atoms with van der Waals surface area (Å²) >= 11 is 0. The van der Waals surface area contributed by atoms with Crippen LogP contribution in [0.4, 0.5) is 0 Å². The Hall–Kier alpha value is -1.73. The average Bonchev–Trinajstić information content (AvgIpc) is 3.01. The number of aromatic nitrogens is 4. The molecular formula is C21H36N4O2Si. The molecule has 0 spiro atoms. The quantitative estimate of drug-likeness (QED) is 0.589. The van der Waals surface area contributed by atoms with Crippen molar-refractivity contribution in [3.8, 4) is 11.8 Å². The van der Waals surface area contributed by atoms with Crippen molar-refractivity contribution >= 4 is 8.32 Å². The van der Waals surface area contributed by atoms with E-state index in [2.05, 4.69) is 56.5 Å². The summed E-state index contributed by atoms with van der Waals surface area (Å²) in [6.45, 7) is 20.0. The van der Waals surface area contributed by atoms with Crippen LogP contribution in [-0.2, 0) is 11.0 Å². The summed E-state index contributed by atoms with van der Waals surface area (Å²) in [5.41, 5.74) is 3.08. The molecule has 28 heavy (non-hydrogen) atoms. The maximum atomic E-state index is 10.4. The molecule has 0 aromatic carbocycles. The first kappa shape index (κ1) is 22.6. The van der Waals surface area contributed by atoms with Crippen molar-refractivity contribution < 1.29 is 9.53 Å². The summed E-state index contributed by atoms with van der Waals surface area (Å²) in [4.78, 5) is 13.4. The SMILES string of the molecule is Cc1nc(-n2ccnc2CO[Si](C(C)C)(C(C)C)C(C)C)nc(O)c1C(C)C. The molecule has 0 bridgehead atoms. The summed E-state index contributed by atoms with van der Waals surface area (Å²) in [5, 5.41) is 10.4. The van der Waals surface area contributed by atoms with Crippen LogP contribution in [-0.4, -0.2) is 32.9 Å². The van der Waals surface area contributed by atoms with E-state index in [1.54, 1.807) is 6.20 Å². The molecule has 7 heteroatoms. The van der Waals surface area contributed by atoms with Gasteiger partial charge in [0.15, 0.2) is 0 Å². The smallest absolute Gasteiger partial charge is 0.238 e. The standard InChI is InChI=1S/C21H36N4O2Si/c1-13(2)19-17(9)23-21(24-20(19)26)25-11-10-22-18(25)12-27-28(14(3)4,15(5)6)16(7)8/h10-11,13-16H,12H2,1-9H3,(H,23,24,26). The fraction of sp³-hybridized carbons (Fsp3) is 0.667. The van der Waals surface area contributed by atoms with Gasteiger partial charge in [0.05, 0.1) is 12.3 Å². The lowest BCUT2D eigenvalue weighted by Gasteiger charge is -2.42. The summed E-state index contributed by atoms with van der Waals surface area (Å²) in [5.74, 6) is 1.39. The lowest BCUT2D eigenvalue weighted by atomic mass is 10.0. The van der Waals surface area contributed by atoms with E-state index in [-0.39, 0.29) is 11.8 Å². The Labute approximate surface area is 170 Å². The highest BCUT2D eigenvalue weighted by atomic mass is 28.4. The number of aryl methyl sites for hydroxylation is 1. The molecule has 0 unspecified atom stereocenters. The molecule has 2 rings (SSSR count). The van der Waals surface area contributed by atoms with Gasteiger partial charge in [-0.2, -0.15) is 4.98 Å². The maximum Gasteiger partial charge on any atom is 0.238 e. The Kier molecular flexibility index (Phi) is 7.04. The number of hydrogen-bond acceptors (Lipinski definition) is 5. The van der Waals surface area contributed by atoms with E-state index in [9.17, 15) is 5.11 Å². The third-order valence-corrected chi connectivity index (χ3v) is 11.8. The number of imidazole rings is 1. The van der Waals surface area contributed by atoms with E-state index >= 15 is 0 Å². The van der Waals surface area contributed by atoms with Gasteiger partial charge in [0.25, 0.3) is 0 Å². The van der Waals surface area contributed by atoms with E-state index in [1.807, 2.05) is 31.5 Å². The fourth-order valence-corrected chi connectivity index (χ4v) is 10.0. The topological polar surface area (TPSA) is 73.1 Å². The van der Waals surface area contributed by atoms with Crippen LogP contribution in [0.25, 0.3) is 5.95 Å². The van der Waals surface area contributed by atoms with Gasteiger partial charge in [-0.25, -0.2) is 9.97 Å². The minimum atomic E-state index is -2.00. The van der Waals surface area contributed by atoms with Gasteiger partial charge in [-0.3, -0.25) is 4.57 Å². The minimum Gasteiger partial charge on any atom is -0.493 e. The Morgan fingerprint density at radius 3 is 2.04 bits per heavy atom. The summed E-state index contributed by atoms with van der Waals surface area (Å²) < 4.78 is 8.50. The van der Waals surface area contributed by atoms with Crippen molar-refractivity contribution in [1.82, 2.24) is 19.5 Å². The summed E-state index contributed by atoms with van der Waals surface area (Å²) in [6.07, 6.45) is 3.56. The molecule has 1 N–H and O–H groups in total. The lowest BCUT2D eigenvalue weighted by molar-refractivity contribution is 0.255. The van der Waals surface area contributed by atoms with Crippen molar-refractivity contribution in [3.05, 3.63) is 29.5 Å². The third-order valence-electron chi connectivity index (χ3n) is 5.77. The molecule has 6 nitrogen and oxygen atoms in total. The first-order valence-electron chi connectivity index (χ1n) is 10.3. The number of hydrogen-bond donors (Lipinski definition) is 1. The van der Waals surface area contributed by atoms with Gasteiger partial charge in [-0.15, -0.1) is 0 Å². The van der Waals surface area contributed by atoms with E-state index in [0.29, 0.717) is 29.2 Å². The molecule has 2 aromatic heterocycles. The molecule has 0 aliphatic rings. The van der Waals surface area contributed by atoms with Gasteiger partial charge in [0, 0.05) is 18.0 Å². The zero-order valence-corrected chi connectivity index (χ0v) is 19.8. The van der Waals surface area contributed by atoms with Crippen LogP contribution in [0.3, 0.4) is 0 Å². The third kappa shape index (κ3) is 4.15. The van der Waals surface area contributed by atoms with Gasteiger partial charge < -0.3 is 9.53 Å². The van der Waals surface area contributed by atoms with Crippen LogP contribution in [0.5, 0.6) is 5.88 Å². The van der Waals surface area contributed by atoms with Crippen LogP contribution in [0.15, 0.2) is 12.4 Å². The second-order valence-electron chi connectivity index (χ2n) is 8.82. The van der Waals surface area contributed by atoms with Gasteiger partial charge in [-0.05, 0) is 29.5 Å². The molecule has 0 saturated carbocycles. The van der Waals surface area contributed by atoms with Crippen molar-refractivity contribution in [2.75, 3.05) is 0 Å². The molecule has 0 aliphatic heterocycles. The lowest BCUT2D eigenvalue weighted by Crippen LogP contribution is -2.47. The van der Waals surface area contributed by atoms with E-state index in [0.717, 1.165) is 17.1 Å². The largest absolute Gasteiger partial charge is 0.493 e. The number of aromatic hydroxyl groups is 1. The van der Waals surface area contributed by atoms with Gasteiger partial charge in [0.1, 0.15) is 5.82 Å². The predicted molar refractivity (Wildman–Crippen MR) is 115 cm³/mol. The second kappa shape index (κ2) is 8.74. The number of nitrogens with zero attached hydrogens (tertiary/aromatic N) is 4. The Morgan fingerprint density at radius 1 is 1.00 bits per heavy atom. The fourth-order valence-electron chi connectivity index (χ4n) is 4.65. The normalized spacial score (nSPS) is 12.8. The highest BCUT2D eigenvalue weighted by molar-refractivity contribution is 6.77. The maximum absolute atomic E-state index is 10.4. The molecule has 156 valence electrons. The van der Waals surface area contributed by atoms with Crippen LogP contribution < -0.4 is 0 Å². The molecule has 2 aromatic rings. The van der Waals surface area contributed by atoms with Crippen molar-refractivity contribution in [2.24, 2.45) is 0 Å². The molecule has 0 aliphatic carbocycles. The second-order valence-corrected chi connectivity index (χ2v) is 14.3. The summed E-state index contributed by atoms with van der Waals surface area (Å²) in [6, 6.07) is 0. The molecular weight excluding hydrogens is 368 g/mol. The van der Waals surface area contributed by atoms with Gasteiger partial charge in [-0.1, -0.05) is 55.4 Å². The zero-order chi connectivity index (χ0) is 21.2. The van der Waals surface area contributed by atoms with Crippen LogP contribution >= 0.6 is 0 Å². The van der Waals surface area contributed by atoms with Gasteiger partial charge in [0.2, 0.25) is 20.1 Å². The van der Waals surface area contributed by atoms with Crippen LogP contribution in [0.2, 0.25) is 16.6 Å². The Bertz CT molecular complexity index is 755. The average molecular weight is 405 g/mol. The van der Waals surface area contributed by atoms with Crippen LogP contribution in [0.1, 0.15) is 78.4 Å². The van der Waals surface area contributed by atoms with Crippen molar-refractivity contribution in [3.63, 3.8) is 0 Å². The van der Waals surface area contributed by atoms with Gasteiger partial charge >= 0.3 is 0 Å². The Balaban J connectivity index is 2.37. The molecule has 2 heterocycles. The highest BCUT2D eigenvalue weighted by Gasteiger charge is 2.45. The Morgan fingerprint density at radius 2 is 1.57 bits per heavy atom. The zero-order valence-electron chi connectivity index (χ0n) is 18.8. The molecule has 0 saturated heterocycles. The first-order chi connectivity index (χ1) is 13.0. The van der Waals surface area contributed by atoms with E-state index in [1.165, 1.54) is 0 Å². The molecule has 0 atom stereocenters. The monoisotopic (exact) mass is 404 g/mol. The number of rotatable bonds is 8. The van der Waals surface area contributed by atoms with Crippen molar-refractivity contribution in [1.29, 1.82) is 0 Å². The minimum absolute atomic E-state index is 0.0355. The van der Waals surface area contributed by atoms with Crippen molar-refractivity contribution in [2.45, 2.75) is 91.5 Å². The molecule has 0 amide bonds. The first-order valence-corrected chi connectivity index (χ1v) is 12.4. The van der Waals surface area contributed by atoms with E-state index < -0.39 is 8.32 Å². The highest BCUT2D eigenvalue weighted by Crippen LogP contribution is 2.42.